The van der Waals surface area contributed by atoms with Crippen LogP contribution in [-0.2, 0) is 6.42 Å². The number of hydrogen-bond donors (Lipinski definition) is 2. The summed E-state index contributed by atoms with van der Waals surface area (Å²) in [6.07, 6.45) is 14.6. The highest BCUT2D eigenvalue weighted by Gasteiger charge is 2.30. The molecule has 0 atom stereocenters. The van der Waals surface area contributed by atoms with E-state index >= 15 is 0 Å². The molecule has 0 bridgehead atoms. The van der Waals surface area contributed by atoms with Crippen LogP contribution in [-0.4, -0.2) is 0 Å². The minimum atomic E-state index is 0.672. The lowest BCUT2D eigenvalue weighted by Gasteiger charge is -2.34. The number of nitrogen functional groups attached to an aromatic ring is 2. The highest BCUT2D eigenvalue weighted by molar-refractivity contribution is 5.73. The van der Waals surface area contributed by atoms with Gasteiger partial charge >= 0.3 is 0 Å². The van der Waals surface area contributed by atoms with Crippen LogP contribution >= 0.6 is 0 Å². The molecule has 1 aromatic carbocycles. The van der Waals surface area contributed by atoms with Crippen molar-refractivity contribution in [3.8, 4) is 0 Å². The molecule has 0 aromatic heterocycles. The molecule has 0 aliphatic heterocycles. The van der Waals surface area contributed by atoms with Gasteiger partial charge < -0.3 is 11.5 Å². The van der Waals surface area contributed by atoms with Gasteiger partial charge in [-0.25, -0.2) is 0 Å². The summed E-state index contributed by atoms with van der Waals surface area (Å²) in [7, 11) is 0. The average molecular weight is 315 g/mol. The quantitative estimate of drug-likeness (QED) is 0.691. The smallest absolute Gasteiger partial charge is 0.0402 e. The fourth-order valence-electron chi connectivity index (χ4n) is 5.10. The van der Waals surface area contributed by atoms with Gasteiger partial charge in [-0.3, -0.25) is 0 Å². The van der Waals surface area contributed by atoms with Crippen molar-refractivity contribution in [2.75, 3.05) is 11.5 Å². The van der Waals surface area contributed by atoms with Gasteiger partial charge in [0.1, 0.15) is 0 Å². The number of nitrogens with two attached hydrogens (primary N) is 2. The Morgan fingerprint density at radius 1 is 0.739 bits per heavy atom. The molecule has 128 valence electrons. The van der Waals surface area contributed by atoms with Gasteiger partial charge in [0.15, 0.2) is 0 Å². The third-order valence-electron chi connectivity index (χ3n) is 6.42. The van der Waals surface area contributed by atoms with E-state index in [2.05, 4.69) is 13.8 Å². The van der Waals surface area contributed by atoms with E-state index in [0.717, 1.165) is 23.4 Å². The first-order valence-corrected chi connectivity index (χ1v) is 9.85. The standard InChI is InChI=1S/C21H34N2/c1-3-17-18(15-10-6-4-7-11-15)19(16-12-8-5-9-13-16)21(23)14(2)20(17)22/h15-16H,3-13,22-23H2,1-2H3. The van der Waals surface area contributed by atoms with Crippen molar-refractivity contribution in [2.24, 2.45) is 0 Å². The van der Waals surface area contributed by atoms with Gasteiger partial charge in [-0.15, -0.1) is 0 Å². The fourth-order valence-corrected chi connectivity index (χ4v) is 5.10. The third kappa shape index (κ3) is 3.09. The van der Waals surface area contributed by atoms with Crippen molar-refractivity contribution in [3.63, 3.8) is 0 Å². The molecule has 0 spiro atoms. The molecule has 0 amide bonds. The van der Waals surface area contributed by atoms with Crippen LogP contribution in [0, 0.1) is 6.92 Å². The van der Waals surface area contributed by atoms with Crippen molar-refractivity contribution < 1.29 is 0 Å². The molecule has 0 heterocycles. The third-order valence-corrected chi connectivity index (χ3v) is 6.42. The zero-order valence-electron chi connectivity index (χ0n) is 15.1. The maximum atomic E-state index is 6.67. The zero-order valence-corrected chi connectivity index (χ0v) is 15.1. The summed E-state index contributed by atoms with van der Waals surface area (Å²) in [5, 5.41) is 0. The van der Waals surface area contributed by atoms with Gasteiger partial charge in [0.05, 0.1) is 0 Å². The van der Waals surface area contributed by atoms with Crippen molar-refractivity contribution in [1.82, 2.24) is 0 Å². The molecule has 0 saturated heterocycles. The minimum Gasteiger partial charge on any atom is -0.398 e. The van der Waals surface area contributed by atoms with Crippen LogP contribution in [0.1, 0.15) is 105 Å². The van der Waals surface area contributed by atoms with E-state index in [1.54, 1.807) is 5.56 Å². The van der Waals surface area contributed by atoms with E-state index in [0.29, 0.717) is 11.8 Å². The highest BCUT2D eigenvalue weighted by atomic mass is 14.6. The fraction of sp³-hybridized carbons (Fsp3) is 0.714. The molecule has 2 aliphatic rings. The summed E-state index contributed by atoms with van der Waals surface area (Å²) in [6.45, 7) is 4.39. The monoisotopic (exact) mass is 314 g/mol. The van der Waals surface area contributed by atoms with Gasteiger partial charge in [-0.2, -0.15) is 0 Å². The number of hydrogen-bond acceptors (Lipinski definition) is 2. The van der Waals surface area contributed by atoms with Crippen LogP contribution in [0.2, 0.25) is 0 Å². The van der Waals surface area contributed by atoms with Gasteiger partial charge in [-0.1, -0.05) is 45.4 Å². The van der Waals surface area contributed by atoms with Gasteiger partial charge in [0.2, 0.25) is 0 Å². The first kappa shape index (κ1) is 16.7. The van der Waals surface area contributed by atoms with Crippen molar-refractivity contribution in [2.45, 2.75) is 96.3 Å². The molecular formula is C21H34N2. The Kier molecular flexibility index (Phi) is 5.18. The predicted octanol–water partition coefficient (Wildman–Crippen LogP) is 5.82. The van der Waals surface area contributed by atoms with E-state index in [1.165, 1.54) is 75.3 Å². The summed E-state index contributed by atoms with van der Waals surface area (Å²) >= 11 is 0. The second-order valence-electron chi connectivity index (χ2n) is 7.78. The number of benzene rings is 1. The van der Waals surface area contributed by atoms with Crippen LogP contribution in [0.3, 0.4) is 0 Å². The second kappa shape index (κ2) is 7.15. The Morgan fingerprint density at radius 3 is 1.70 bits per heavy atom. The lowest BCUT2D eigenvalue weighted by atomic mass is 9.72. The Morgan fingerprint density at radius 2 is 1.22 bits per heavy atom. The molecule has 2 fully saturated rings. The van der Waals surface area contributed by atoms with Gasteiger partial charge in [-0.05, 0) is 73.1 Å². The molecule has 2 heteroatoms. The average Bonchev–Trinajstić information content (AvgIpc) is 2.61. The lowest BCUT2D eigenvalue weighted by molar-refractivity contribution is 0.418. The first-order chi connectivity index (χ1) is 11.1. The highest BCUT2D eigenvalue weighted by Crippen LogP contribution is 2.47. The Balaban J connectivity index is 2.15. The molecule has 23 heavy (non-hydrogen) atoms. The summed E-state index contributed by atoms with van der Waals surface area (Å²) < 4.78 is 0. The maximum Gasteiger partial charge on any atom is 0.0402 e. The van der Waals surface area contributed by atoms with E-state index in [1.807, 2.05) is 0 Å². The van der Waals surface area contributed by atoms with E-state index in [9.17, 15) is 0 Å². The molecule has 0 unspecified atom stereocenters. The molecule has 4 N–H and O–H groups in total. The summed E-state index contributed by atoms with van der Waals surface area (Å²) in [4.78, 5) is 0. The maximum absolute atomic E-state index is 6.67. The molecule has 3 rings (SSSR count). The molecule has 2 saturated carbocycles. The van der Waals surface area contributed by atoms with Crippen LogP contribution in [0.5, 0.6) is 0 Å². The van der Waals surface area contributed by atoms with Gasteiger partial charge in [0, 0.05) is 11.4 Å². The Bertz CT molecular complexity index is 550. The normalized spacial score (nSPS) is 20.8. The second-order valence-corrected chi connectivity index (χ2v) is 7.78. The van der Waals surface area contributed by atoms with Crippen LogP contribution in [0.4, 0.5) is 11.4 Å². The largest absolute Gasteiger partial charge is 0.398 e. The van der Waals surface area contributed by atoms with Crippen LogP contribution in [0.25, 0.3) is 0 Å². The number of anilines is 2. The Hall–Kier alpha value is -1.18. The topological polar surface area (TPSA) is 52.0 Å². The van der Waals surface area contributed by atoms with Crippen LogP contribution < -0.4 is 11.5 Å². The number of rotatable bonds is 3. The lowest BCUT2D eigenvalue weighted by Crippen LogP contribution is -2.19. The molecule has 2 aliphatic carbocycles. The summed E-state index contributed by atoms with van der Waals surface area (Å²) in [5.41, 5.74) is 20.8. The summed E-state index contributed by atoms with van der Waals surface area (Å²) in [6, 6.07) is 0. The molecule has 2 nitrogen and oxygen atoms in total. The predicted molar refractivity (Wildman–Crippen MR) is 101 cm³/mol. The molecule has 1 aromatic rings. The first-order valence-electron chi connectivity index (χ1n) is 9.85. The van der Waals surface area contributed by atoms with Crippen molar-refractivity contribution in [1.29, 1.82) is 0 Å². The van der Waals surface area contributed by atoms with E-state index in [-0.39, 0.29) is 0 Å². The molecule has 0 radical (unpaired) electrons. The van der Waals surface area contributed by atoms with Crippen molar-refractivity contribution >= 4 is 11.4 Å². The minimum absolute atomic E-state index is 0.672. The van der Waals surface area contributed by atoms with E-state index in [4.69, 9.17) is 11.5 Å². The molecular weight excluding hydrogens is 280 g/mol. The SMILES string of the molecule is CCc1c(N)c(C)c(N)c(C2CCCCC2)c1C1CCCCC1. The Labute approximate surface area is 142 Å². The summed E-state index contributed by atoms with van der Waals surface area (Å²) in [5.74, 6) is 1.37. The zero-order chi connectivity index (χ0) is 16.4. The van der Waals surface area contributed by atoms with E-state index < -0.39 is 0 Å². The van der Waals surface area contributed by atoms with Crippen LogP contribution in [0.15, 0.2) is 0 Å². The van der Waals surface area contributed by atoms with Gasteiger partial charge in [0.25, 0.3) is 0 Å². The van der Waals surface area contributed by atoms with Crippen molar-refractivity contribution in [3.05, 3.63) is 22.3 Å².